The highest BCUT2D eigenvalue weighted by Gasteiger charge is 2.34. The molecule has 1 saturated heterocycles. The van der Waals surface area contributed by atoms with Crippen LogP contribution in [0.3, 0.4) is 0 Å². The Kier molecular flexibility index (Phi) is 5.79. The van der Waals surface area contributed by atoms with Crippen molar-refractivity contribution in [3.05, 3.63) is 65.4 Å². The molecule has 1 fully saturated rings. The largest absolute Gasteiger partial charge is 0.464 e. The van der Waals surface area contributed by atoms with E-state index in [2.05, 4.69) is 0 Å². The van der Waals surface area contributed by atoms with Crippen LogP contribution in [0.15, 0.2) is 53.1 Å². The topological polar surface area (TPSA) is 70.8 Å². The SMILES string of the molecule is Cc1ccc2occ(CC(=O)N(Cc3ccc(N(C)C)cc3)[C@@H]3CCS(=O)(=O)C3)c2c1. The second kappa shape index (κ2) is 8.38. The molecule has 0 unspecified atom stereocenters. The Balaban J connectivity index is 1.60. The Bertz CT molecular complexity index is 1200. The van der Waals surface area contributed by atoms with Gasteiger partial charge >= 0.3 is 0 Å². The molecule has 2 heterocycles. The van der Waals surface area contributed by atoms with Crippen molar-refractivity contribution in [3.63, 3.8) is 0 Å². The van der Waals surface area contributed by atoms with Gasteiger partial charge in [-0.2, -0.15) is 0 Å². The van der Waals surface area contributed by atoms with E-state index >= 15 is 0 Å². The summed E-state index contributed by atoms with van der Waals surface area (Å²) in [5, 5.41) is 0.933. The molecule has 6 nitrogen and oxygen atoms in total. The van der Waals surface area contributed by atoms with Crippen LogP contribution in [0.5, 0.6) is 0 Å². The zero-order valence-corrected chi connectivity index (χ0v) is 19.0. The van der Waals surface area contributed by atoms with Gasteiger partial charge in [0, 0.05) is 43.3 Å². The van der Waals surface area contributed by atoms with E-state index < -0.39 is 9.84 Å². The zero-order chi connectivity index (χ0) is 22.2. The van der Waals surface area contributed by atoms with Crippen molar-refractivity contribution < 1.29 is 17.6 Å². The molecular weight excluding hydrogens is 412 g/mol. The molecule has 0 N–H and O–H groups in total. The summed E-state index contributed by atoms with van der Waals surface area (Å²) in [7, 11) is 0.849. The number of rotatable bonds is 6. The molecule has 1 amide bonds. The maximum absolute atomic E-state index is 13.4. The summed E-state index contributed by atoms with van der Waals surface area (Å²) >= 11 is 0. The van der Waals surface area contributed by atoms with Gasteiger partial charge in [-0.1, -0.05) is 23.8 Å². The van der Waals surface area contributed by atoms with Crippen molar-refractivity contribution in [2.24, 2.45) is 0 Å². The van der Waals surface area contributed by atoms with Crippen molar-refractivity contribution in [1.82, 2.24) is 4.90 Å². The van der Waals surface area contributed by atoms with Crippen LogP contribution in [0.4, 0.5) is 5.69 Å². The van der Waals surface area contributed by atoms with Crippen LogP contribution in [-0.2, 0) is 27.6 Å². The third-order valence-corrected chi connectivity index (χ3v) is 7.68. The van der Waals surface area contributed by atoms with Crippen LogP contribution in [0.2, 0.25) is 0 Å². The maximum atomic E-state index is 13.4. The van der Waals surface area contributed by atoms with E-state index in [1.54, 1.807) is 11.2 Å². The third-order valence-electron chi connectivity index (χ3n) is 5.93. The van der Waals surface area contributed by atoms with Crippen LogP contribution in [-0.4, -0.2) is 50.9 Å². The van der Waals surface area contributed by atoms with E-state index in [-0.39, 0.29) is 29.9 Å². The molecule has 7 heteroatoms. The first kappa shape index (κ1) is 21.4. The number of carbonyl (C=O) groups is 1. The van der Waals surface area contributed by atoms with Gasteiger partial charge in [-0.15, -0.1) is 0 Å². The highest BCUT2D eigenvalue weighted by Crippen LogP contribution is 2.26. The zero-order valence-electron chi connectivity index (χ0n) is 18.2. The Labute approximate surface area is 183 Å². The lowest BCUT2D eigenvalue weighted by Crippen LogP contribution is -2.41. The molecular formula is C24H28N2O4S. The monoisotopic (exact) mass is 440 g/mol. The number of anilines is 1. The van der Waals surface area contributed by atoms with Crippen LogP contribution in [0, 0.1) is 6.92 Å². The Hall–Kier alpha value is -2.80. The van der Waals surface area contributed by atoms with E-state index in [4.69, 9.17) is 4.42 Å². The summed E-state index contributed by atoms with van der Waals surface area (Å²) in [5.74, 6) is 0.0808. The summed E-state index contributed by atoms with van der Waals surface area (Å²) in [6, 6.07) is 13.6. The van der Waals surface area contributed by atoms with E-state index in [1.165, 1.54) is 0 Å². The number of aryl methyl sites for hydroxylation is 1. The smallest absolute Gasteiger partial charge is 0.227 e. The summed E-state index contributed by atoms with van der Waals surface area (Å²) in [6.07, 6.45) is 2.30. The average molecular weight is 441 g/mol. The van der Waals surface area contributed by atoms with Gasteiger partial charge in [0.15, 0.2) is 9.84 Å². The quantitative estimate of drug-likeness (QED) is 0.586. The normalized spacial score (nSPS) is 17.7. The van der Waals surface area contributed by atoms with Crippen molar-refractivity contribution >= 4 is 32.4 Å². The van der Waals surface area contributed by atoms with Crippen LogP contribution < -0.4 is 4.90 Å². The standard InChI is InChI=1S/C24H28N2O4S/c1-17-4-9-23-22(12-17)19(15-30-23)13-24(27)26(21-10-11-31(28,29)16-21)14-18-5-7-20(8-6-18)25(2)3/h4-9,12,15,21H,10-11,13-14,16H2,1-3H3/t21-/m1/s1. The minimum absolute atomic E-state index is 0.0275. The molecule has 0 radical (unpaired) electrons. The molecule has 0 aliphatic carbocycles. The molecule has 1 atom stereocenters. The molecule has 0 bridgehead atoms. The second-order valence-electron chi connectivity index (χ2n) is 8.58. The predicted molar refractivity (Wildman–Crippen MR) is 123 cm³/mol. The number of hydrogen-bond donors (Lipinski definition) is 0. The fourth-order valence-corrected chi connectivity index (χ4v) is 5.87. The van der Waals surface area contributed by atoms with Crippen molar-refractivity contribution in [3.8, 4) is 0 Å². The first-order valence-electron chi connectivity index (χ1n) is 10.4. The van der Waals surface area contributed by atoms with Gasteiger partial charge in [0.05, 0.1) is 24.2 Å². The van der Waals surface area contributed by atoms with Crippen LogP contribution in [0.1, 0.15) is 23.1 Å². The third kappa shape index (κ3) is 4.77. The molecule has 1 aromatic heterocycles. The lowest BCUT2D eigenvalue weighted by atomic mass is 10.1. The average Bonchev–Trinajstić information content (AvgIpc) is 3.28. The van der Waals surface area contributed by atoms with E-state index in [0.29, 0.717) is 13.0 Å². The number of benzene rings is 2. The molecule has 0 spiro atoms. The number of amides is 1. The fraction of sp³-hybridized carbons (Fsp3) is 0.375. The molecule has 0 saturated carbocycles. The molecule has 2 aromatic carbocycles. The van der Waals surface area contributed by atoms with Gasteiger partial charge in [0.25, 0.3) is 0 Å². The Morgan fingerprint density at radius 3 is 2.52 bits per heavy atom. The Morgan fingerprint density at radius 2 is 1.87 bits per heavy atom. The molecule has 1 aliphatic rings. The van der Waals surface area contributed by atoms with Gasteiger partial charge in [0.1, 0.15) is 5.58 Å². The molecule has 164 valence electrons. The highest BCUT2D eigenvalue weighted by atomic mass is 32.2. The highest BCUT2D eigenvalue weighted by molar-refractivity contribution is 7.91. The molecule has 1 aliphatic heterocycles. The summed E-state index contributed by atoms with van der Waals surface area (Å²) in [6.45, 7) is 2.40. The van der Waals surface area contributed by atoms with Crippen molar-refractivity contribution in [2.75, 3.05) is 30.5 Å². The molecule has 4 rings (SSSR count). The van der Waals surface area contributed by atoms with Gasteiger partial charge < -0.3 is 14.2 Å². The molecule has 3 aromatic rings. The molecule has 31 heavy (non-hydrogen) atoms. The number of sulfone groups is 1. The van der Waals surface area contributed by atoms with E-state index in [1.807, 2.05) is 68.4 Å². The van der Waals surface area contributed by atoms with Crippen molar-refractivity contribution in [2.45, 2.75) is 32.4 Å². The minimum atomic E-state index is -3.11. The number of nitrogens with zero attached hydrogens (tertiary/aromatic N) is 2. The predicted octanol–water partition coefficient (Wildman–Crippen LogP) is 3.57. The number of carbonyl (C=O) groups excluding carboxylic acids is 1. The number of furan rings is 1. The minimum Gasteiger partial charge on any atom is -0.464 e. The summed E-state index contributed by atoms with van der Waals surface area (Å²) < 4.78 is 29.8. The van der Waals surface area contributed by atoms with Gasteiger partial charge in [-0.05, 0) is 43.2 Å². The lowest BCUT2D eigenvalue weighted by molar-refractivity contribution is -0.133. The first-order chi connectivity index (χ1) is 14.7. The van der Waals surface area contributed by atoms with E-state index in [9.17, 15) is 13.2 Å². The van der Waals surface area contributed by atoms with Gasteiger partial charge in [0.2, 0.25) is 5.91 Å². The number of fused-ring (bicyclic) bond motifs is 1. The van der Waals surface area contributed by atoms with Gasteiger partial charge in [-0.3, -0.25) is 4.79 Å². The second-order valence-corrected chi connectivity index (χ2v) is 10.8. The van der Waals surface area contributed by atoms with Crippen LogP contribution >= 0.6 is 0 Å². The summed E-state index contributed by atoms with van der Waals surface area (Å²) in [4.78, 5) is 17.2. The van der Waals surface area contributed by atoms with E-state index in [0.717, 1.165) is 33.3 Å². The Morgan fingerprint density at radius 1 is 1.13 bits per heavy atom. The number of hydrogen-bond acceptors (Lipinski definition) is 5. The maximum Gasteiger partial charge on any atom is 0.227 e. The fourth-order valence-electron chi connectivity index (χ4n) is 4.14. The van der Waals surface area contributed by atoms with Gasteiger partial charge in [-0.25, -0.2) is 8.42 Å². The van der Waals surface area contributed by atoms with Crippen molar-refractivity contribution in [1.29, 1.82) is 0 Å². The van der Waals surface area contributed by atoms with Crippen LogP contribution in [0.25, 0.3) is 11.0 Å². The lowest BCUT2D eigenvalue weighted by Gasteiger charge is -2.28. The first-order valence-corrected chi connectivity index (χ1v) is 12.3. The summed E-state index contributed by atoms with van der Waals surface area (Å²) in [5.41, 5.74) is 4.74.